The molecule has 2 aliphatic rings. The molecular formula is C18H35ClN4O2. The van der Waals surface area contributed by atoms with Crippen molar-refractivity contribution >= 4 is 24.2 Å². The zero-order valence-corrected chi connectivity index (χ0v) is 16.3. The van der Waals surface area contributed by atoms with E-state index in [4.69, 9.17) is 0 Å². The number of hydrogen-bond acceptors (Lipinski definition) is 4. The zero-order valence-electron chi connectivity index (χ0n) is 15.5. The summed E-state index contributed by atoms with van der Waals surface area (Å²) in [5.41, 5.74) is 0. The van der Waals surface area contributed by atoms with Gasteiger partial charge in [-0.1, -0.05) is 19.3 Å². The highest BCUT2D eigenvalue weighted by molar-refractivity contribution is 5.87. The Kier molecular flexibility index (Phi) is 11.1. The molecule has 1 aliphatic heterocycles. The van der Waals surface area contributed by atoms with Crippen molar-refractivity contribution in [3.63, 3.8) is 0 Å². The van der Waals surface area contributed by atoms with Gasteiger partial charge in [-0.3, -0.25) is 9.59 Å². The summed E-state index contributed by atoms with van der Waals surface area (Å²) in [6, 6.07) is -0.444. The Bertz CT molecular complexity index is 397. The van der Waals surface area contributed by atoms with E-state index in [9.17, 15) is 9.59 Å². The summed E-state index contributed by atoms with van der Waals surface area (Å²) in [7, 11) is 0. The van der Waals surface area contributed by atoms with Gasteiger partial charge >= 0.3 is 0 Å². The molecule has 1 saturated heterocycles. The van der Waals surface area contributed by atoms with Crippen LogP contribution < -0.4 is 16.0 Å². The molecule has 0 bridgehead atoms. The Balaban J connectivity index is 0.00000312. The summed E-state index contributed by atoms with van der Waals surface area (Å²) < 4.78 is 0. The molecule has 1 unspecified atom stereocenters. The van der Waals surface area contributed by atoms with Crippen LogP contribution in [0.1, 0.15) is 51.9 Å². The van der Waals surface area contributed by atoms with Gasteiger partial charge in [0.1, 0.15) is 6.04 Å². The summed E-state index contributed by atoms with van der Waals surface area (Å²) in [5.74, 6) is 0.450. The van der Waals surface area contributed by atoms with E-state index in [-0.39, 0.29) is 24.2 Å². The van der Waals surface area contributed by atoms with Crippen LogP contribution in [0.3, 0.4) is 0 Å². The minimum atomic E-state index is -0.444. The maximum absolute atomic E-state index is 12.1. The molecule has 7 heteroatoms. The summed E-state index contributed by atoms with van der Waals surface area (Å²) in [6.45, 7) is 7.73. The Morgan fingerprint density at radius 1 is 1.16 bits per heavy atom. The lowest BCUT2D eigenvalue weighted by Gasteiger charge is -2.27. The average Bonchev–Trinajstić information content (AvgIpc) is 2.60. The van der Waals surface area contributed by atoms with Gasteiger partial charge in [0.05, 0.1) is 0 Å². The number of nitrogens with one attached hydrogen (secondary N) is 3. The van der Waals surface area contributed by atoms with Gasteiger partial charge in [-0.2, -0.15) is 0 Å². The molecule has 1 atom stereocenters. The van der Waals surface area contributed by atoms with E-state index in [1.165, 1.54) is 19.3 Å². The van der Waals surface area contributed by atoms with E-state index in [0.29, 0.717) is 18.9 Å². The van der Waals surface area contributed by atoms with Crippen molar-refractivity contribution in [1.82, 2.24) is 20.9 Å². The molecule has 146 valence electrons. The second-order valence-corrected chi connectivity index (χ2v) is 7.23. The molecule has 3 N–H and O–H groups in total. The van der Waals surface area contributed by atoms with E-state index >= 15 is 0 Å². The third-order valence-electron chi connectivity index (χ3n) is 5.13. The maximum Gasteiger partial charge on any atom is 0.242 e. The van der Waals surface area contributed by atoms with Crippen LogP contribution in [-0.4, -0.2) is 62.0 Å². The quantitative estimate of drug-likeness (QED) is 0.560. The lowest BCUT2D eigenvalue weighted by atomic mass is 9.87. The second-order valence-electron chi connectivity index (χ2n) is 7.23. The Morgan fingerprint density at radius 3 is 2.52 bits per heavy atom. The number of halogens is 1. The topological polar surface area (TPSA) is 73.5 Å². The van der Waals surface area contributed by atoms with Crippen molar-refractivity contribution in [2.75, 3.05) is 39.3 Å². The molecule has 0 aromatic rings. The van der Waals surface area contributed by atoms with Crippen LogP contribution in [0.25, 0.3) is 0 Å². The lowest BCUT2D eigenvalue weighted by Crippen LogP contribution is -2.46. The number of carbonyl (C=O) groups excluding carboxylic acids is 2. The third kappa shape index (κ3) is 8.88. The Hall–Kier alpha value is -0.850. The van der Waals surface area contributed by atoms with Crippen molar-refractivity contribution < 1.29 is 9.59 Å². The van der Waals surface area contributed by atoms with Crippen molar-refractivity contribution in [3.8, 4) is 0 Å². The fourth-order valence-corrected chi connectivity index (χ4v) is 3.62. The monoisotopic (exact) mass is 374 g/mol. The number of hydrogen-bond donors (Lipinski definition) is 3. The molecule has 25 heavy (non-hydrogen) atoms. The Labute approximate surface area is 158 Å². The normalized spacial score (nSPS) is 20.4. The van der Waals surface area contributed by atoms with Crippen molar-refractivity contribution in [2.24, 2.45) is 5.92 Å². The van der Waals surface area contributed by atoms with Gasteiger partial charge in [0.15, 0.2) is 0 Å². The summed E-state index contributed by atoms with van der Waals surface area (Å²) in [4.78, 5) is 26.5. The maximum atomic E-state index is 12.1. The molecule has 6 nitrogen and oxygen atoms in total. The highest BCUT2D eigenvalue weighted by atomic mass is 35.5. The van der Waals surface area contributed by atoms with Crippen LogP contribution in [0.5, 0.6) is 0 Å². The summed E-state index contributed by atoms with van der Waals surface area (Å²) in [5, 5.41) is 9.12. The zero-order chi connectivity index (χ0) is 17.2. The van der Waals surface area contributed by atoms with E-state index in [0.717, 1.165) is 52.0 Å². The van der Waals surface area contributed by atoms with Gasteiger partial charge < -0.3 is 20.9 Å². The average molecular weight is 375 g/mol. The van der Waals surface area contributed by atoms with Crippen LogP contribution in [0.4, 0.5) is 0 Å². The van der Waals surface area contributed by atoms with Crippen molar-refractivity contribution in [1.29, 1.82) is 0 Å². The predicted octanol–water partition coefficient (Wildman–Crippen LogP) is 1.29. The van der Waals surface area contributed by atoms with Crippen LogP contribution in [-0.2, 0) is 9.59 Å². The molecule has 1 heterocycles. The molecule has 0 aromatic carbocycles. The first-order chi connectivity index (χ1) is 11.6. The summed E-state index contributed by atoms with van der Waals surface area (Å²) >= 11 is 0. The number of amides is 2. The van der Waals surface area contributed by atoms with Gasteiger partial charge in [-0.25, -0.2) is 0 Å². The highest BCUT2D eigenvalue weighted by Crippen LogP contribution is 2.26. The minimum absolute atomic E-state index is 0. The van der Waals surface area contributed by atoms with Gasteiger partial charge in [-0.05, 0) is 38.6 Å². The van der Waals surface area contributed by atoms with E-state index in [2.05, 4.69) is 20.9 Å². The Morgan fingerprint density at radius 2 is 1.84 bits per heavy atom. The number of rotatable bonds is 8. The van der Waals surface area contributed by atoms with Crippen molar-refractivity contribution in [2.45, 2.75) is 57.9 Å². The molecule has 0 radical (unpaired) electrons. The standard InChI is InChI=1S/C18H34N4O2.ClH/c1-15(21-17(23)14-16-6-3-2-4-7-16)18(24)20-8-5-11-22-12-9-19-10-13-22;/h15-16,19H,2-14H2,1H3,(H,20,24)(H,21,23);1H. The predicted molar refractivity (Wildman–Crippen MR) is 103 cm³/mol. The number of carbonyl (C=O) groups is 2. The van der Waals surface area contributed by atoms with Crippen LogP contribution in [0, 0.1) is 5.92 Å². The molecular weight excluding hydrogens is 340 g/mol. The van der Waals surface area contributed by atoms with E-state index < -0.39 is 6.04 Å². The second kappa shape index (κ2) is 12.5. The lowest BCUT2D eigenvalue weighted by molar-refractivity contribution is -0.129. The van der Waals surface area contributed by atoms with E-state index in [1.54, 1.807) is 6.92 Å². The van der Waals surface area contributed by atoms with Crippen molar-refractivity contribution in [3.05, 3.63) is 0 Å². The van der Waals surface area contributed by atoms with Gasteiger partial charge in [0.2, 0.25) is 11.8 Å². The molecule has 1 saturated carbocycles. The summed E-state index contributed by atoms with van der Waals surface area (Å²) in [6.07, 6.45) is 7.60. The van der Waals surface area contributed by atoms with Crippen LogP contribution in [0.2, 0.25) is 0 Å². The first kappa shape index (κ1) is 22.2. The fourth-order valence-electron chi connectivity index (χ4n) is 3.62. The number of nitrogens with zero attached hydrogens (tertiary/aromatic N) is 1. The van der Waals surface area contributed by atoms with Gasteiger partial charge in [0, 0.05) is 39.1 Å². The molecule has 2 fully saturated rings. The highest BCUT2D eigenvalue weighted by Gasteiger charge is 2.20. The number of piperazine rings is 1. The fraction of sp³-hybridized carbons (Fsp3) is 0.889. The third-order valence-corrected chi connectivity index (χ3v) is 5.13. The molecule has 1 aliphatic carbocycles. The molecule has 0 spiro atoms. The molecule has 0 aromatic heterocycles. The SMILES string of the molecule is CC(NC(=O)CC1CCCCC1)C(=O)NCCCN1CCNCC1.Cl. The minimum Gasteiger partial charge on any atom is -0.354 e. The van der Waals surface area contributed by atoms with Gasteiger partial charge in [-0.15, -0.1) is 12.4 Å². The van der Waals surface area contributed by atoms with Crippen LogP contribution in [0.15, 0.2) is 0 Å². The van der Waals surface area contributed by atoms with E-state index in [1.807, 2.05) is 0 Å². The van der Waals surface area contributed by atoms with Crippen LogP contribution >= 0.6 is 12.4 Å². The molecule has 2 rings (SSSR count). The van der Waals surface area contributed by atoms with Gasteiger partial charge in [0.25, 0.3) is 0 Å². The largest absolute Gasteiger partial charge is 0.354 e. The smallest absolute Gasteiger partial charge is 0.242 e. The molecule has 2 amide bonds. The first-order valence-corrected chi connectivity index (χ1v) is 9.65. The first-order valence-electron chi connectivity index (χ1n) is 9.65.